The Labute approximate surface area is 173 Å². The first kappa shape index (κ1) is 20.8. The molecule has 4 nitrogen and oxygen atoms in total. The number of amides is 1. The molecule has 3 N–H and O–H groups in total. The van der Waals surface area contributed by atoms with Crippen LogP contribution in [0.3, 0.4) is 0 Å². The van der Waals surface area contributed by atoms with E-state index in [1.807, 2.05) is 19.1 Å². The minimum Gasteiger partial charge on any atom is -0.322 e. The fraction of sp³-hybridized carbons (Fsp3) is 0.435. The van der Waals surface area contributed by atoms with Crippen molar-refractivity contribution in [3.05, 3.63) is 63.7 Å². The maximum absolute atomic E-state index is 12.9. The second kappa shape index (κ2) is 9.08. The number of piperazine rings is 1. The second-order valence-corrected chi connectivity index (χ2v) is 8.63. The number of anilines is 1. The van der Waals surface area contributed by atoms with Crippen LogP contribution in [0.25, 0.3) is 0 Å². The van der Waals surface area contributed by atoms with Crippen LogP contribution in [0.1, 0.15) is 29.2 Å². The summed E-state index contributed by atoms with van der Waals surface area (Å²) in [5.41, 5.74) is 5.77. The lowest BCUT2D eigenvalue weighted by atomic mass is 10.0. The summed E-state index contributed by atoms with van der Waals surface area (Å²) < 4.78 is 0. The van der Waals surface area contributed by atoms with Gasteiger partial charge in [0.25, 0.3) is 5.91 Å². The van der Waals surface area contributed by atoms with Crippen molar-refractivity contribution in [2.75, 3.05) is 31.5 Å². The molecule has 28 heavy (non-hydrogen) atoms. The molecule has 1 heterocycles. The zero-order valence-electron chi connectivity index (χ0n) is 17.4. The number of rotatable bonds is 5. The van der Waals surface area contributed by atoms with Gasteiger partial charge in [-0.15, -0.1) is 0 Å². The van der Waals surface area contributed by atoms with Crippen LogP contribution in [0.2, 0.25) is 5.02 Å². The first-order chi connectivity index (χ1) is 13.3. The Hall–Kier alpha value is -1.88. The molecule has 1 aliphatic heterocycles. The molecule has 150 valence electrons. The third-order valence-electron chi connectivity index (χ3n) is 5.90. The molecule has 0 radical (unpaired) electrons. The van der Waals surface area contributed by atoms with Crippen LogP contribution in [0.5, 0.6) is 0 Å². The van der Waals surface area contributed by atoms with E-state index in [1.54, 1.807) is 4.90 Å². The molecule has 0 bridgehead atoms. The molecule has 1 amide bonds. The van der Waals surface area contributed by atoms with E-state index in [4.69, 9.17) is 11.6 Å². The Bertz CT molecular complexity index is 803. The van der Waals surface area contributed by atoms with Gasteiger partial charge in [-0.25, -0.2) is 0 Å². The summed E-state index contributed by atoms with van der Waals surface area (Å²) in [5, 5.41) is 3.96. The average molecular weight is 402 g/mol. The standard InChI is InChI=1S/C23H30ClN3O/c1-16-13-17(2)22(18(3)14-16)25-23(28)19(4)27-11-9-26(10-12-27)15-20-5-7-21(24)8-6-20/h5-8,13-14,19H,9-12,15H2,1-4H3,(H,25,28)/p+2/t19-/m1/s1. The fourth-order valence-electron chi connectivity index (χ4n) is 4.22. The number of benzene rings is 2. The minimum absolute atomic E-state index is 0.0443. The van der Waals surface area contributed by atoms with Gasteiger partial charge >= 0.3 is 0 Å². The zero-order chi connectivity index (χ0) is 20.3. The largest absolute Gasteiger partial charge is 0.322 e. The van der Waals surface area contributed by atoms with E-state index >= 15 is 0 Å². The van der Waals surface area contributed by atoms with E-state index in [2.05, 4.69) is 50.4 Å². The smallest absolute Gasteiger partial charge is 0.282 e. The molecule has 1 saturated heterocycles. The van der Waals surface area contributed by atoms with Crippen molar-refractivity contribution in [2.24, 2.45) is 0 Å². The quantitative estimate of drug-likeness (QED) is 0.699. The number of aryl methyl sites for hydroxylation is 3. The molecule has 0 unspecified atom stereocenters. The minimum atomic E-state index is -0.0443. The average Bonchev–Trinajstić information content (AvgIpc) is 2.66. The van der Waals surface area contributed by atoms with Gasteiger partial charge in [-0.05, 0) is 51.0 Å². The molecule has 0 aromatic heterocycles. The molecule has 1 aliphatic rings. The van der Waals surface area contributed by atoms with Crippen LogP contribution >= 0.6 is 11.6 Å². The van der Waals surface area contributed by atoms with Crippen LogP contribution < -0.4 is 15.1 Å². The molecule has 1 fully saturated rings. The molecule has 0 saturated carbocycles. The topological polar surface area (TPSA) is 38.0 Å². The summed E-state index contributed by atoms with van der Waals surface area (Å²) in [6.45, 7) is 13.5. The Morgan fingerprint density at radius 2 is 1.61 bits per heavy atom. The highest BCUT2D eigenvalue weighted by Crippen LogP contribution is 2.21. The van der Waals surface area contributed by atoms with Gasteiger partial charge < -0.3 is 15.1 Å². The van der Waals surface area contributed by atoms with Crippen molar-refractivity contribution in [3.63, 3.8) is 0 Å². The number of quaternary nitrogens is 2. The van der Waals surface area contributed by atoms with E-state index in [0.29, 0.717) is 0 Å². The fourth-order valence-corrected chi connectivity index (χ4v) is 4.35. The number of carbonyl (C=O) groups is 1. The molecule has 1 atom stereocenters. The highest BCUT2D eigenvalue weighted by molar-refractivity contribution is 6.30. The van der Waals surface area contributed by atoms with Crippen molar-refractivity contribution < 1.29 is 14.6 Å². The second-order valence-electron chi connectivity index (χ2n) is 8.20. The van der Waals surface area contributed by atoms with Crippen LogP contribution in [-0.4, -0.2) is 38.1 Å². The van der Waals surface area contributed by atoms with E-state index in [1.165, 1.54) is 16.0 Å². The highest BCUT2D eigenvalue weighted by Gasteiger charge is 2.31. The first-order valence-electron chi connectivity index (χ1n) is 10.1. The summed E-state index contributed by atoms with van der Waals surface area (Å²) >= 11 is 5.98. The normalized spacial score (nSPS) is 20.6. The first-order valence-corrected chi connectivity index (χ1v) is 10.5. The monoisotopic (exact) mass is 401 g/mol. The van der Waals surface area contributed by atoms with Gasteiger partial charge in [-0.2, -0.15) is 0 Å². The summed E-state index contributed by atoms with van der Waals surface area (Å²) in [6.07, 6.45) is 0. The molecule has 5 heteroatoms. The van der Waals surface area contributed by atoms with Gasteiger partial charge in [0.15, 0.2) is 6.04 Å². The van der Waals surface area contributed by atoms with E-state index < -0.39 is 0 Å². The van der Waals surface area contributed by atoms with Gasteiger partial charge in [-0.1, -0.05) is 41.4 Å². The van der Waals surface area contributed by atoms with Crippen molar-refractivity contribution >= 4 is 23.2 Å². The van der Waals surface area contributed by atoms with Crippen molar-refractivity contribution in [1.82, 2.24) is 0 Å². The van der Waals surface area contributed by atoms with Crippen LogP contribution in [0.15, 0.2) is 36.4 Å². The molecule has 3 rings (SSSR count). The number of carbonyl (C=O) groups excluding carboxylic acids is 1. The van der Waals surface area contributed by atoms with E-state index in [0.717, 1.165) is 54.6 Å². The SMILES string of the molecule is Cc1cc(C)c(NC(=O)[C@@H](C)[NH+]2CC[NH+](Cc3ccc(Cl)cc3)CC2)c(C)c1. The summed E-state index contributed by atoms with van der Waals surface area (Å²) in [7, 11) is 0. The Kier molecular flexibility index (Phi) is 6.76. The Morgan fingerprint density at radius 1 is 1.04 bits per heavy atom. The van der Waals surface area contributed by atoms with E-state index in [-0.39, 0.29) is 11.9 Å². The predicted octanol–water partition coefficient (Wildman–Crippen LogP) is 1.58. The summed E-state index contributed by atoms with van der Waals surface area (Å²) in [6, 6.07) is 12.3. The van der Waals surface area contributed by atoms with Gasteiger partial charge in [0, 0.05) is 16.3 Å². The third-order valence-corrected chi connectivity index (χ3v) is 6.15. The van der Waals surface area contributed by atoms with Gasteiger partial charge in [0.1, 0.15) is 32.7 Å². The molecule has 0 spiro atoms. The maximum atomic E-state index is 12.9. The van der Waals surface area contributed by atoms with Gasteiger partial charge in [0.2, 0.25) is 0 Å². The predicted molar refractivity (Wildman–Crippen MR) is 115 cm³/mol. The summed E-state index contributed by atoms with van der Waals surface area (Å²) in [5.74, 6) is 0.117. The zero-order valence-corrected chi connectivity index (χ0v) is 18.1. The molecular formula is C23H32ClN3O+2. The molecular weight excluding hydrogens is 370 g/mol. The number of halogens is 1. The summed E-state index contributed by atoms with van der Waals surface area (Å²) in [4.78, 5) is 15.8. The number of hydrogen-bond donors (Lipinski definition) is 3. The lowest BCUT2D eigenvalue weighted by molar-refractivity contribution is -1.02. The van der Waals surface area contributed by atoms with Gasteiger partial charge in [0.05, 0.1) is 0 Å². The molecule has 2 aromatic carbocycles. The van der Waals surface area contributed by atoms with Crippen molar-refractivity contribution in [2.45, 2.75) is 40.3 Å². The van der Waals surface area contributed by atoms with E-state index in [9.17, 15) is 4.79 Å². The van der Waals surface area contributed by atoms with Crippen molar-refractivity contribution in [3.8, 4) is 0 Å². The van der Waals surface area contributed by atoms with Gasteiger partial charge in [-0.3, -0.25) is 4.79 Å². The highest BCUT2D eigenvalue weighted by atomic mass is 35.5. The number of hydrogen-bond acceptors (Lipinski definition) is 1. The Balaban J connectivity index is 1.54. The molecule has 0 aliphatic carbocycles. The lowest BCUT2D eigenvalue weighted by Crippen LogP contribution is -3.29. The number of nitrogens with one attached hydrogen (secondary N) is 3. The molecule has 2 aromatic rings. The lowest BCUT2D eigenvalue weighted by Gasteiger charge is -2.32. The van der Waals surface area contributed by atoms with Crippen LogP contribution in [0.4, 0.5) is 5.69 Å². The van der Waals surface area contributed by atoms with Crippen LogP contribution in [0, 0.1) is 20.8 Å². The maximum Gasteiger partial charge on any atom is 0.282 e. The third kappa shape index (κ3) is 5.13. The van der Waals surface area contributed by atoms with Crippen molar-refractivity contribution in [1.29, 1.82) is 0 Å². The van der Waals surface area contributed by atoms with Crippen LogP contribution in [-0.2, 0) is 11.3 Å². The Morgan fingerprint density at radius 3 is 2.18 bits per heavy atom.